The van der Waals surface area contributed by atoms with Crippen LogP contribution in [0.1, 0.15) is 6.92 Å². The van der Waals surface area contributed by atoms with Gasteiger partial charge in [-0.2, -0.15) is 0 Å². The van der Waals surface area contributed by atoms with Crippen LogP contribution in [-0.2, 0) is 15.7 Å². The Morgan fingerprint density at radius 3 is 2.38 bits per heavy atom. The minimum atomic E-state index is -2.85. The first-order chi connectivity index (χ1) is 6.08. The Labute approximate surface area is 85.4 Å². The maximum atomic E-state index is 11.4. The molecule has 0 fully saturated rings. The van der Waals surface area contributed by atoms with Gasteiger partial charge in [-0.15, -0.1) is 0 Å². The van der Waals surface area contributed by atoms with E-state index in [0.29, 0.717) is 17.3 Å². The maximum Gasteiger partial charge on any atom is 0.187 e. The molecule has 4 nitrogen and oxygen atoms in total. The van der Waals surface area contributed by atoms with Crippen LogP contribution in [-0.4, -0.2) is 44.7 Å². The molecule has 0 aliphatic carbocycles. The largest absolute Gasteiger partial charge is 0.616 e. The second-order valence-corrected chi connectivity index (χ2v) is 9.86. The fourth-order valence-electron chi connectivity index (χ4n) is 0.567. The van der Waals surface area contributed by atoms with Crippen molar-refractivity contribution < 1.29 is 19.3 Å². The van der Waals surface area contributed by atoms with Crippen LogP contribution in [0.25, 0.3) is 0 Å². The highest BCUT2D eigenvalue weighted by Gasteiger charge is 2.20. The Morgan fingerprint density at radius 2 is 2.00 bits per heavy atom. The molecule has 0 heterocycles. The van der Waals surface area contributed by atoms with Gasteiger partial charge in [0.15, 0.2) is 6.34 Å². The molecule has 1 atom stereocenters. The summed E-state index contributed by atoms with van der Waals surface area (Å²) in [7, 11) is 0. The van der Waals surface area contributed by atoms with Gasteiger partial charge in [-0.25, -0.2) is 0 Å². The van der Waals surface area contributed by atoms with E-state index in [1.807, 2.05) is 6.92 Å². The summed E-state index contributed by atoms with van der Waals surface area (Å²) in [5, 5.41) is 17.4. The van der Waals surface area contributed by atoms with Gasteiger partial charge < -0.3 is 19.3 Å². The van der Waals surface area contributed by atoms with E-state index in [1.165, 1.54) is 0 Å². The van der Waals surface area contributed by atoms with Gasteiger partial charge in [0.2, 0.25) is 0 Å². The molecule has 2 N–H and O–H groups in total. The molecule has 0 aromatic carbocycles. The topological polar surface area (TPSA) is 80.6 Å². The third kappa shape index (κ3) is 5.99. The summed E-state index contributed by atoms with van der Waals surface area (Å²) in [6.45, 7) is 1.82. The van der Waals surface area contributed by atoms with Gasteiger partial charge in [0.25, 0.3) is 0 Å². The van der Waals surface area contributed by atoms with Crippen molar-refractivity contribution in [2.45, 2.75) is 6.92 Å². The average molecular weight is 246 g/mol. The molecule has 0 spiro atoms. The summed E-state index contributed by atoms with van der Waals surface area (Å²) in [4.78, 5) is 0. The third-order valence-corrected chi connectivity index (χ3v) is 7.32. The molecule has 0 amide bonds. The van der Waals surface area contributed by atoms with Crippen molar-refractivity contribution in [3.8, 4) is 0 Å². The molecule has 7 heteroatoms. The predicted octanol–water partition coefficient (Wildman–Crippen LogP) is 0.666. The quantitative estimate of drug-likeness (QED) is 0.509. The van der Waals surface area contributed by atoms with Crippen molar-refractivity contribution in [3.05, 3.63) is 0 Å². The van der Waals surface area contributed by atoms with Crippen molar-refractivity contribution in [1.82, 2.24) is 0 Å². The first-order valence-corrected chi connectivity index (χ1v) is 9.03. The minimum Gasteiger partial charge on any atom is -0.616 e. The molecule has 0 aliphatic rings. The Balaban J connectivity index is 3.68. The lowest BCUT2D eigenvalue weighted by atomic mass is 10.9. The van der Waals surface area contributed by atoms with Gasteiger partial charge in [0.1, 0.15) is 24.2 Å². The Hall–Kier alpha value is 0.810. The van der Waals surface area contributed by atoms with Gasteiger partial charge in [0, 0.05) is 5.75 Å². The van der Waals surface area contributed by atoms with Crippen LogP contribution in [0.5, 0.6) is 0 Å². The lowest BCUT2D eigenvalue weighted by Gasteiger charge is -2.12. The van der Waals surface area contributed by atoms with E-state index in [1.54, 1.807) is 0 Å². The zero-order valence-electron chi connectivity index (χ0n) is 7.51. The maximum absolute atomic E-state index is 11.4. The molecule has 0 aliphatic heterocycles. The van der Waals surface area contributed by atoms with Crippen LogP contribution in [0.2, 0.25) is 0 Å². The smallest absolute Gasteiger partial charge is 0.187 e. The zero-order chi connectivity index (χ0) is 10.3. The summed E-state index contributed by atoms with van der Waals surface area (Å²) in [6, 6.07) is 0. The summed E-state index contributed by atoms with van der Waals surface area (Å²) < 4.78 is 22.3. The van der Waals surface area contributed by atoms with Crippen molar-refractivity contribution >= 4 is 28.9 Å². The number of hydrogen-bond acceptors (Lipinski definition) is 5. The molecule has 0 saturated carbocycles. The normalized spacial score (nSPS) is 14.5. The monoisotopic (exact) mass is 246 g/mol. The number of hydrogen-bond donors (Lipinski definition) is 2. The van der Waals surface area contributed by atoms with E-state index in [9.17, 15) is 9.12 Å². The molecule has 0 aromatic rings. The fourth-order valence-corrected chi connectivity index (χ4v) is 4.64. The highest BCUT2D eigenvalue weighted by Crippen LogP contribution is 2.56. The van der Waals surface area contributed by atoms with Crippen molar-refractivity contribution in [2.75, 3.05) is 30.0 Å². The first-order valence-electron chi connectivity index (χ1n) is 3.87. The summed E-state index contributed by atoms with van der Waals surface area (Å²) in [5.74, 6) is 1.51. The van der Waals surface area contributed by atoms with Crippen molar-refractivity contribution in [1.29, 1.82) is 0 Å². The van der Waals surface area contributed by atoms with Gasteiger partial charge in [-0.05, 0) is 6.92 Å². The molecular weight excluding hydrogens is 231 g/mol. The van der Waals surface area contributed by atoms with Gasteiger partial charge in [0.05, 0.1) is 0 Å². The molecule has 0 saturated heterocycles. The highest BCUT2D eigenvalue weighted by molar-refractivity contribution is 8.58. The summed E-state index contributed by atoms with van der Waals surface area (Å²) >= 11 is 0.159. The average Bonchev–Trinajstić information content (AvgIpc) is 2.17. The molecule has 80 valence electrons. The first kappa shape index (κ1) is 13.8. The summed E-state index contributed by atoms with van der Waals surface area (Å²) in [5.41, 5.74) is 0. The fraction of sp³-hybridized carbons (Fsp3) is 1.00. The second-order valence-electron chi connectivity index (χ2n) is 2.36. The van der Waals surface area contributed by atoms with E-state index in [2.05, 4.69) is 0 Å². The molecule has 13 heavy (non-hydrogen) atoms. The van der Waals surface area contributed by atoms with Crippen molar-refractivity contribution in [3.63, 3.8) is 0 Å². The van der Waals surface area contributed by atoms with E-state index < -0.39 is 30.2 Å². The van der Waals surface area contributed by atoms with Crippen LogP contribution < -0.4 is 0 Å². The lowest BCUT2D eigenvalue weighted by molar-refractivity contribution is 0.330. The molecule has 1 unspecified atom stereocenters. The van der Waals surface area contributed by atoms with E-state index in [4.69, 9.17) is 10.2 Å². The Kier molecular flexibility index (Phi) is 7.59. The predicted molar refractivity (Wildman–Crippen MR) is 57.8 cm³/mol. The molecule has 0 aromatic heterocycles. The van der Waals surface area contributed by atoms with E-state index in [-0.39, 0.29) is 0 Å². The van der Waals surface area contributed by atoms with Gasteiger partial charge in [-0.3, -0.25) is 0 Å². The minimum absolute atomic E-state index is 0.457. The van der Waals surface area contributed by atoms with E-state index >= 15 is 0 Å². The highest BCUT2D eigenvalue weighted by atomic mass is 32.7. The van der Waals surface area contributed by atoms with Gasteiger partial charge >= 0.3 is 0 Å². The Morgan fingerprint density at radius 1 is 1.46 bits per heavy atom. The SMILES string of the molecule is CC[S+]([O-])CCSP(=O)(CO)CO. The molecule has 0 bridgehead atoms. The molecule has 0 rings (SSSR count). The van der Waals surface area contributed by atoms with Crippen molar-refractivity contribution in [2.24, 2.45) is 0 Å². The second kappa shape index (κ2) is 7.15. The van der Waals surface area contributed by atoms with Gasteiger partial charge in [-0.1, -0.05) is 22.6 Å². The van der Waals surface area contributed by atoms with Crippen LogP contribution in [0.3, 0.4) is 0 Å². The van der Waals surface area contributed by atoms with Crippen LogP contribution in [0.15, 0.2) is 0 Å². The number of aliphatic hydroxyl groups excluding tert-OH is 2. The molecule has 0 radical (unpaired) electrons. The Bertz CT molecular complexity index is 170. The van der Waals surface area contributed by atoms with Crippen LogP contribution >= 0.6 is 17.7 Å². The van der Waals surface area contributed by atoms with Crippen LogP contribution in [0.4, 0.5) is 0 Å². The third-order valence-electron chi connectivity index (χ3n) is 1.39. The zero-order valence-corrected chi connectivity index (χ0v) is 10.0. The van der Waals surface area contributed by atoms with E-state index in [0.717, 1.165) is 11.4 Å². The standard InChI is InChI=1S/C6H15O4PS2/c1-2-13(10)4-3-12-11(9,5-7)6-8/h7-8H,2-6H2,1H3. The molecular formula is C6H15O4PS2. The number of rotatable bonds is 7. The summed E-state index contributed by atoms with van der Waals surface area (Å²) in [6.07, 6.45) is -3.84. The number of aliphatic hydroxyl groups is 2. The van der Waals surface area contributed by atoms with Crippen LogP contribution in [0, 0.1) is 0 Å². The lowest BCUT2D eigenvalue weighted by Crippen LogP contribution is -2.10.